The van der Waals surface area contributed by atoms with Gasteiger partial charge in [0.05, 0.1) is 16.8 Å². The maximum atomic E-state index is 12.6. The third-order valence-corrected chi connectivity index (χ3v) is 3.30. The van der Waals surface area contributed by atoms with Crippen LogP contribution in [-0.4, -0.2) is 13.1 Å². The first-order valence-electron chi connectivity index (χ1n) is 6.51. The number of nitriles is 1. The molecule has 0 N–H and O–H groups in total. The summed E-state index contributed by atoms with van der Waals surface area (Å²) in [6.45, 7) is 6.17. The van der Waals surface area contributed by atoms with Gasteiger partial charge in [-0.3, -0.25) is 0 Å². The molecule has 0 fully saturated rings. The van der Waals surface area contributed by atoms with Crippen molar-refractivity contribution in [3.05, 3.63) is 29.3 Å². The Balaban J connectivity index is 3.11. The van der Waals surface area contributed by atoms with Crippen LogP contribution in [0.5, 0.6) is 0 Å². The van der Waals surface area contributed by atoms with Gasteiger partial charge in [0.1, 0.15) is 6.07 Å². The van der Waals surface area contributed by atoms with Gasteiger partial charge in [-0.05, 0) is 37.5 Å². The van der Waals surface area contributed by atoms with Crippen LogP contribution in [0.3, 0.4) is 0 Å². The molecule has 0 radical (unpaired) electrons. The van der Waals surface area contributed by atoms with Crippen molar-refractivity contribution in [3.8, 4) is 6.07 Å². The molecule has 0 aliphatic carbocycles. The van der Waals surface area contributed by atoms with Crippen LogP contribution < -0.4 is 4.90 Å². The molecule has 0 amide bonds. The van der Waals surface area contributed by atoms with Gasteiger partial charge < -0.3 is 4.90 Å². The van der Waals surface area contributed by atoms with Crippen LogP contribution in [0, 0.1) is 17.2 Å². The fourth-order valence-corrected chi connectivity index (χ4v) is 2.19. The number of halogens is 3. The zero-order valence-corrected chi connectivity index (χ0v) is 12.1. The molecule has 0 bridgehead atoms. The van der Waals surface area contributed by atoms with Gasteiger partial charge in [-0.15, -0.1) is 0 Å². The molecule has 1 atom stereocenters. The first-order valence-corrected chi connectivity index (χ1v) is 6.51. The minimum absolute atomic E-state index is 0.0536. The van der Waals surface area contributed by atoms with Crippen LogP contribution in [0.1, 0.15) is 38.3 Å². The summed E-state index contributed by atoms with van der Waals surface area (Å²) in [5.41, 5.74) is -0.200. The van der Waals surface area contributed by atoms with E-state index in [0.29, 0.717) is 11.6 Å². The van der Waals surface area contributed by atoms with E-state index >= 15 is 0 Å². The SMILES string of the molecule is CC(C)CC(C)N(C)c1ccc(C(F)(F)F)cc1C#N. The van der Waals surface area contributed by atoms with Crippen molar-refractivity contribution in [1.29, 1.82) is 5.26 Å². The van der Waals surface area contributed by atoms with E-state index in [4.69, 9.17) is 5.26 Å². The molecule has 0 spiro atoms. The molecule has 110 valence electrons. The van der Waals surface area contributed by atoms with E-state index in [2.05, 4.69) is 13.8 Å². The predicted molar refractivity (Wildman–Crippen MR) is 73.5 cm³/mol. The molecular weight excluding hydrogens is 265 g/mol. The normalized spacial score (nSPS) is 13.2. The number of alkyl halides is 3. The number of nitrogens with zero attached hydrogens (tertiary/aromatic N) is 2. The molecular formula is C15H19F3N2. The van der Waals surface area contributed by atoms with Crippen molar-refractivity contribution in [3.63, 3.8) is 0 Å². The van der Waals surface area contributed by atoms with E-state index in [-0.39, 0.29) is 11.6 Å². The molecule has 0 aliphatic heterocycles. The fourth-order valence-electron chi connectivity index (χ4n) is 2.19. The van der Waals surface area contributed by atoms with Crippen LogP contribution in [0.25, 0.3) is 0 Å². The average Bonchev–Trinajstić information content (AvgIpc) is 2.35. The Labute approximate surface area is 117 Å². The van der Waals surface area contributed by atoms with Crippen LogP contribution in [0.15, 0.2) is 18.2 Å². The summed E-state index contributed by atoms with van der Waals surface area (Å²) in [5, 5.41) is 9.08. The van der Waals surface area contributed by atoms with Crippen molar-refractivity contribution in [2.45, 2.75) is 39.4 Å². The Hall–Kier alpha value is -1.70. The number of hydrogen-bond donors (Lipinski definition) is 0. The first-order chi connectivity index (χ1) is 9.16. The summed E-state index contributed by atoms with van der Waals surface area (Å²) >= 11 is 0. The largest absolute Gasteiger partial charge is 0.416 e. The van der Waals surface area contributed by atoms with Crippen LogP contribution >= 0.6 is 0 Å². The quantitative estimate of drug-likeness (QED) is 0.817. The molecule has 0 aromatic heterocycles. The number of benzene rings is 1. The van der Waals surface area contributed by atoms with Crippen molar-refractivity contribution in [1.82, 2.24) is 0 Å². The van der Waals surface area contributed by atoms with Gasteiger partial charge in [0.2, 0.25) is 0 Å². The van der Waals surface area contributed by atoms with Crippen molar-refractivity contribution >= 4 is 5.69 Å². The standard InChI is InChI=1S/C15H19F3N2/c1-10(2)7-11(3)20(4)14-6-5-13(15(16,17)18)8-12(14)9-19/h5-6,8,10-11H,7H2,1-4H3. The topological polar surface area (TPSA) is 27.0 Å². The lowest BCUT2D eigenvalue weighted by Crippen LogP contribution is -2.30. The second kappa shape index (κ2) is 6.17. The Bertz CT molecular complexity index is 501. The predicted octanol–water partition coefficient (Wildman–Crippen LogP) is 4.45. The number of hydrogen-bond acceptors (Lipinski definition) is 2. The highest BCUT2D eigenvalue weighted by atomic mass is 19.4. The van der Waals surface area contributed by atoms with Gasteiger partial charge in [-0.1, -0.05) is 13.8 Å². The van der Waals surface area contributed by atoms with Crippen molar-refractivity contribution < 1.29 is 13.2 Å². The third-order valence-electron chi connectivity index (χ3n) is 3.30. The van der Waals surface area contributed by atoms with E-state index in [1.165, 1.54) is 6.07 Å². The lowest BCUT2D eigenvalue weighted by molar-refractivity contribution is -0.137. The highest BCUT2D eigenvalue weighted by Gasteiger charge is 2.31. The lowest BCUT2D eigenvalue weighted by atomic mass is 10.0. The Morgan fingerprint density at radius 1 is 1.25 bits per heavy atom. The van der Waals surface area contributed by atoms with Gasteiger partial charge in [-0.25, -0.2) is 0 Å². The first kappa shape index (κ1) is 16.4. The average molecular weight is 284 g/mol. The number of rotatable bonds is 4. The Morgan fingerprint density at radius 3 is 2.30 bits per heavy atom. The molecule has 1 aromatic carbocycles. The van der Waals surface area contributed by atoms with Gasteiger partial charge in [0.25, 0.3) is 0 Å². The van der Waals surface area contributed by atoms with E-state index in [9.17, 15) is 13.2 Å². The monoisotopic (exact) mass is 284 g/mol. The Kier molecular flexibility index (Phi) is 5.04. The van der Waals surface area contributed by atoms with E-state index < -0.39 is 11.7 Å². The molecule has 2 nitrogen and oxygen atoms in total. The highest BCUT2D eigenvalue weighted by molar-refractivity contribution is 5.60. The third kappa shape index (κ3) is 3.89. The molecule has 0 heterocycles. The smallest absolute Gasteiger partial charge is 0.371 e. The summed E-state index contributed by atoms with van der Waals surface area (Å²) in [5.74, 6) is 0.479. The molecule has 1 unspecified atom stereocenters. The van der Waals surface area contributed by atoms with Gasteiger partial charge in [0.15, 0.2) is 0 Å². The Morgan fingerprint density at radius 2 is 1.85 bits per heavy atom. The molecule has 0 saturated carbocycles. The molecule has 0 saturated heterocycles. The summed E-state index contributed by atoms with van der Waals surface area (Å²) < 4.78 is 37.9. The minimum atomic E-state index is -4.42. The maximum Gasteiger partial charge on any atom is 0.416 e. The second-order valence-corrected chi connectivity index (χ2v) is 5.43. The molecule has 0 aliphatic rings. The minimum Gasteiger partial charge on any atom is -0.371 e. The summed E-state index contributed by atoms with van der Waals surface area (Å²) in [6.07, 6.45) is -3.52. The van der Waals surface area contributed by atoms with Gasteiger partial charge >= 0.3 is 6.18 Å². The van der Waals surface area contributed by atoms with Crippen molar-refractivity contribution in [2.75, 3.05) is 11.9 Å². The second-order valence-electron chi connectivity index (χ2n) is 5.43. The van der Waals surface area contributed by atoms with Gasteiger partial charge in [0, 0.05) is 13.1 Å². The fraction of sp³-hybridized carbons (Fsp3) is 0.533. The zero-order chi connectivity index (χ0) is 15.5. The maximum absolute atomic E-state index is 12.6. The summed E-state index contributed by atoms with van der Waals surface area (Å²) in [7, 11) is 1.80. The van der Waals surface area contributed by atoms with Crippen LogP contribution in [0.2, 0.25) is 0 Å². The van der Waals surface area contributed by atoms with E-state index in [1.54, 1.807) is 7.05 Å². The molecule has 1 rings (SSSR count). The number of anilines is 1. The summed E-state index contributed by atoms with van der Waals surface area (Å²) in [6, 6.07) is 5.31. The van der Waals surface area contributed by atoms with Gasteiger partial charge in [-0.2, -0.15) is 18.4 Å². The van der Waals surface area contributed by atoms with Crippen LogP contribution in [0.4, 0.5) is 18.9 Å². The highest BCUT2D eigenvalue weighted by Crippen LogP contribution is 2.33. The molecule has 1 aromatic rings. The van der Waals surface area contributed by atoms with E-state index in [0.717, 1.165) is 18.6 Å². The zero-order valence-electron chi connectivity index (χ0n) is 12.1. The van der Waals surface area contributed by atoms with E-state index in [1.807, 2.05) is 17.9 Å². The van der Waals surface area contributed by atoms with Crippen molar-refractivity contribution in [2.24, 2.45) is 5.92 Å². The molecule has 20 heavy (non-hydrogen) atoms. The van der Waals surface area contributed by atoms with Crippen LogP contribution in [-0.2, 0) is 6.18 Å². The molecule has 5 heteroatoms. The summed E-state index contributed by atoms with van der Waals surface area (Å²) in [4.78, 5) is 1.86. The lowest BCUT2D eigenvalue weighted by Gasteiger charge is -2.29.